The smallest absolute Gasteiger partial charge is 0.252 e. The lowest BCUT2D eigenvalue weighted by Crippen LogP contribution is -2.23. The van der Waals surface area contributed by atoms with Crippen molar-refractivity contribution in [1.29, 1.82) is 0 Å². The van der Waals surface area contributed by atoms with Gasteiger partial charge in [0.05, 0.1) is 23.6 Å². The molecule has 0 radical (unpaired) electrons. The first kappa shape index (κ1) is 18.7. The van der Waals surface area contributed by atoms with Gasteiger partial charge in [0.25, 0.3) is 5.91 Å². The summed E-state index contributed by atoms with van der Waals surface area (Å²) < 4.78 is 7.87. The van der Waals surface area contributed by atoms with E-state index in [1.165, 1.54) is 11.8 Å². The van der Waals surface area contributed by atoms with Crippen LogP contribution in [0.1, 0.15) is 27.8 Å². The molecule has 0 spiro atoms. The highest BCUT2D eigenvalue weighted by molar-refractivity contribution is 9.10. The highest BCUT2D eigenvalue weighted by Crippen LogP contribution is 2.25. The minimum atomic E-state index is -0.148. The topological polar surface area (TPSA) is 85.3 Å². The summed E-state index contributed by atoms with van der Waals surface area (Å²) in [6.45, 7) is 2.10. The predicted octanol–water partition coefficient (Wildman–Crippen LogP) is 4.01. The van der Waals surface area contributed by atoms with Crippen LogP contribution in [0.15, 0.2) is 62.7 Å². The third-order valence-electron chi connectivity index (χ3n) is 3.95. The fourth-order valence-electron chi connectivity index (χ4n) is 2.69. The van der Waals surface area contributed by atoms with Gasteiger partial charge in [-0.15, -0.1) is 11.8 Å². The van der Waals surface area contributed by atoms with E-state index in [2.05, 4.69) is 36.4 Å². The number of carbonyl (C=O) groups excluding carboxylic acids is 1. The van der Waals surface area contributed by atoms with E-state index in [9.17, 15) is 4.79 Å². The summed E-state index contributed by atoms with van der Waals surface area (Å²) in [4.78, 5) is 22.3. The van der Waals surface area contributed by atoms with Crippen LogP contribution in [0.2, 0.25) is 0 Å². The number of fused-ring (bicyclic) bond motifs is 1. The van der Waals surface area contributed by atoms with Crippen LogP contribution in [0.25, 0.3) is 5.65 Å². The lowest BCUT2D eigenvalue weighted by atomic mass is 10.2. The average molecular weight is 458 g/mol. The molecule has 0 aliphatic carbocycles. The number of benzene rings is 1. The highest BCUT2D eigenvalue weighted by atomic mass is 79.9. The van der Waals surface area contributed by atoms with Crippen LogP contribution in [0.4, 0.5) is 0 Å². The summed E-state index contributed by atoms with van der Waals surface area (Å²) in [6.07, 6.45) is 3.83. The number of rotatable bonds is 6. The number of amides is 1. The molecule has 1 N–H and O–H groups in total. The van der Waals surface area contributed by atoms with Crippen molar-refractivity contribution in [3.63, 3.8) is 0 Å². The Bertz CT molecular complexity index is 1140. The average Bonchev–Trinajstić information content (AvgIpc) is 3.29. The van der Waals surface area contributed by atoms with Gasteiger partial charge < -0.3 is 14.2 Å². The maximum absolute atomic E-state index is 12.7. The number of aromatic nitrogens is 4. The standard InChI is InChI=1S/C19H16BrN5O2S/c1-12-22-17(24-27-12)11-28-16-5-3-2-4-15(16)19(26)21-8-14-10-25-9-13(20)6-7-18(25)23-14/h2-7,9-10H,8,11H2,1H3,(H,21,26). The summed E-state index contributed by atoms with van der Waals surface area (Å²) in [6, 6.07) is 11.3. The summed E-state index contributed by atoms with van der Waals surface area (Å²) >= 11 is 4.94. The third kappa shape index (κ3) is 4.26. The number of aryl methyl sites for hydroxylation is 1. The quantitative estimate of drug-likeness (QED) is 0.440. The van der Waals surface area contributed by atoms with Crippen LogP contribution in [0.3, 0.4) is 0 Å². The fourth-order valence-corrected chi connectivity index (χ4v) is 3.94. The molecule has 9 heteroatoms. The lowest BCUT2D eigenvalue weighted by Gasteiger charge is -2.08. The molecule has 1 aromatic carbocycles. The van der Waals surface area contributed by atoms with Crippen LogP contribution in [-0.4, -0.2) is 25.4 Å². The molecular weight excluding hydrogens is 442 g/mol. The molecule has 0 fully saturated rings. The minimum absolute atomic E-state index is 0.148. The van der Waals surface area contributed by atoms with Gasteiger partial charge in [-0.3, -0.25) is 4.79 Å². The Morgan fingerprint density at radius 3 is 2.89 bits per heavy atom. The van der Waals surface area contributed by atoms with Crippen LogP contribution < -0.4 is 5.32 Å². The van der Waals surface area contributed by atoms with Crippen molar-refractivity contribution in [3.05, 3.63) is 76.2 Å². The van der Waals surface area contributed by atoms with E-state index in [0.717, 1.165) is 20.7 Å². The van der Waals surface area contributed by atoms with Crippen molar-refractivity contribution in [3.8, 4) is 0 Å². The van der Waals surface area contributed by atoms with Crippen LogP contribution in [0.5, 0.6) is 0 Å². The van der Waals surface area contributed by atoms with E-state index in [1.807, 2.05) is 47.1 Å². The Kier molecular flexibility index (Phi) is 5.45. The predicted molar refractivity (Wildman–Crippen MR) is 109 cm³/mol. The van der Waals surface area contributed by atoms with Crippen molar-refractivity contribution in [2.45, 2.75) is 24.1 Å². The Hall–Kier alpha value is -2.65. The van der Waals surface area contributed by atoms with E-state index >= 15 is 0 Å². The van der Waals surface area contributed by atoms with E-state index in [-0.39, 0.29) is 5.91 Å². The van der Waals surface area contributed by atoms with Gasteiger partial charge in [0.1, 0.15) is 5.65 Å². The molecule has 0 bridgehead atoms. The Labute approximate surface area is 173 Å². The van der Waals surface area contributed by atoms with Gasteiger partial charge in [0.15, 0.2) is 5.82 Å². The summed E-state index contributed by atoms with van der Waals surface area (Å²) in [5.74, 6) is 1.52. The molecule has 1 amide bonds. The van der Waals surface area contributed by atoms with Gasteiger partial charge in [-0.2, -0.15) is 4.98 Å². The second-order valence-corrected chi connectivity index (χ2v) is 7.98. The molecule has 0 atom stereocenters. The molecular formula is C19H16BrN5O2S. The normalized spacial score (nSPS) is 11.1. The third-order valence-corrected chi connectivity index (χ3v) is 5.49. The molecule has 4 aromatic rings. The molecule has 0 unspecified atom stereocenters. The van der Waals surface area contributed by atoms with Gasteiger partial charge in [-0.25, -0.2) is 4.98 Å². The van der Waals surface area contributed by atoms with E-state index in [1.54, 1.807) is 13.0 Å². The second kappa shape index (κ2) is 8.15. The number of imidazole rings is 1. The molecule has 4 rings (SSSR count). The monoisotopic (exact) mass is 457 g/mol. The summed E-state index contributed by atoms with van der Waals surface area (Å²) in [7, 11) is 0. The Balaban J connectivity index is 1.43. The molecule has 0 saturated heterocycles. The zero-order valence-corrected chi connectivity index (χ0v) is 17.3. The van der Waals surface area contributed by atoms with E-state index in [4.69, 9.17) is 4.52 Å². The molecule has 142 valence electrons. The summed E-state index contributed by atoms with van der Waals surface area (Å²) in [5, 5.41) is 6.83. The number of nitrogens with one attached hydrogen (secondary N) is 1. The molecule has 0 aliphatic heterocycles. The van der Waals surface area contributed by atoms with Crippen LogP contribution in [-0.2, 0) is 12.3 Å². The molecule has 0 aliphatic rings. The molecule has 3 aromatic heterocycles. The van der Waals surface area contributed by atoms with Gasteiger partial charge in [-0.05, 0) is 40.2 Å². The molecule has 7 nitrogen and oxygen atoms in total. The molecule has 28 heavy (non-hydrogen) atoms. The zero-order valence-electron chi connectivity index (χ0n) is 14.9. The van der Waals surface area contributed by atoms with Gasteiger partial charge in [0.2, 0.25) is 5.89 Å². The van der Waals surface area contributed by atoms with Crippen molar-refractivity contribution < 1.29 is 9.32 Å². The number of carbonyl (C=O) groups is 1. The number of halogens is 1. The zero-order chi connectivity index (χ0) is 19.5. The molecule has 0 saturated carbocycles. The fraction of sp³-hybridized carbons (Fsp3) is 0.158. The number of nitrogens with zero attached hydrogens (tertiary/aromatic N) is 4. The van der Waals surface area contributed by atoms with Gasteiger partial charge in [-0.1, -0.05) is 17.3 Å². The Morgan fingerprint density at radius 2 is 2.07 bits per heavy atom. The minimum Gasteiger partial charge on any atom is -0.346 e. The van der Waals surface area contributed by atoms with Gasteiger partial charge in [0, 0.05) is 28.7 Å². The first-order valence-electron chi connectivity index (χ1n) is 8.51. The lowest BCUT2D eigenvalue weighted by molar-refractivity contribution is 0.0947. The van der Waals surface area contributed by atoms with Crippen LogP contribution in [0, 0.1) is 6.92 Å². The number of thioether (sulfide) groups is 1. The molecule has 3 heterocycles. The maximum Gasteiger partial charge on any atom is 0.252 e. The number of hydrogen-bond acceptors (Lipinski definition) is 6. The SMILES string of the molecule is Cc1nc(CSc2ccccc2C(=O)NCc2cn3cc(Br)ccc3n2)no1. The van der Waals surface area contributed by atoms with E-state index in [0.29, 0.717) is 29.6 Å². The highest BCUT2D eigenvalue weighted by Gasteiger charge is 2.13. The summed E-state index contributed by atoms with van der Waals surface area (Å²) in [5.41, 5.74) is 2.23. The Morgan fingerprint density at radius 1 is 1.21 bits per heavy atom. The first-order valence-corrected chi connectivity index (χ1v) is 10.3. The van der Waals surface area contributed by atoms with Crippen LogP contribution >= 0.6 is 27.7 Å². The van der Waals surface area contributed by atoms with Crippen molar-refractivity contribution in [2.75, 3.05) is 0 Å². The first-order chi connectivity index (χ1) is 13.6. The van der Waals surface area contributed by atoms with Crippen molar-refractivity contribution in [1.82, 2.24) is 24.8 Å². The maximum atomic E-state index is 12.7. The number of pyridine rings is 1. The largest absolute Gasteiger partial charge is 0.346 e. The van der Waals surface area contributed by atoms with E-state index < -0.39 is 0 Å². The van der Waals surface area contributed by atoms with Crippen molar-refractivity contribution in [2.24, 2.45) is 0 Å². The van der Waals surface area contributed by atoms with Gasteiger partial charge >= 0.3 is 0 Å². The van der Waals surface area contributed by atoms with Crippen molar-refractivity contribution >= 4 is 39.2 Å². The second-order valence-electron chi connectivity index (χ2n) is 6.04. The number of hydrogen-bond donors (Lipinski definition) is 1.